The Balaban J connectivity index is 1.97. The van der Waals surface area contributed by atoms with Crippen LogP contribution < -0.4 is 10.2 Å². The lowest BCUT2D eigenvalue weighted by atomic mass is 10.3. The van der Waals surface area contributed by atoms with Crippen molar-refractivity contribution in [1.82, 2.24) is 10.3 Å². The van der Waals surface area contributed by atoms with Crippen molar-refractivity contribution >= 4 is 29.2 Å². The highest BCUT2D eigenvalue weighted by molar-refractivity contribution is 7.99. The van der Waals surface area contributed by atoms with Gasteiger partial charge in [-0.05, 0) is 24.3 Å². The molecule has 3 rings (SSSR count). The summed E-state index contributed by atoms with van der Waals surface area (Å²) in [6.07, 6.45) is 0. The third-order valence-electron chi connectivity index (χ3n) is 3.43. The summed E-state index contributed by atoms with van der Waals surface area (Å²) in [6.45, 7) is 2.25. The maximum atomic E-state index is 14.7. The third kappa shape index (κ3) is 3.57. The van der Waals surface area contributed by atoms with Gasteiger partial charge in [-0.2, -0.15) is 9.37 Å². The summed E-state index contributed by atoms with van der Waals surface area (Å²) in [6, 6.07) is 6.45. The maximum absolute atomic E-state index is 14.7. The van der Waals surface area contributed by atoms with Crippen molar-refractivity contribution in [1.29, 1.82) is 0 Å². The van der Waals surface area contributed by atoms with E-state index in [0.717, 1.165) is 11.8 Å². The first-order chi connectivity index (χ1) is 11.1. The van der Waals surface area contributed by atoms with E-state index in [1.807, 2.05) is 0 Å². The second kappa shape index (κ2) is 6.98. The number of aromatic nitrogens is 1. The fourth-order valence-corrected chi connectivity index (χ4v) is 3.27. The van der Waals surface area contributed by atoms with Gasteiger partial charge in [0.25, 0.3) is 5.95 Å². The Morgan fingerprint density at radius 1 is 1.04 bits per heavy atom. The Labute approximate surface area is 140 Å². The number of nitrogens with zero attached hydrogens (tertiary/aromatic N) is 2. The van der Waals surface area contributed by atoms with Crippen molar-refractivity contribution in [3.63, 3.8) is 0 Å². The van der Waals surface area contributed by atoms with Crippen LogP contribution in [0.1, 0.15) is 0 Å². The van der Waals surface area contributed by atoms with Crippen molar-refractivity contribution in [2.45, 2.75) is 9.79 Å². The minimum atomic E-state index is -1.30. The molecular formula is C15H13ClF3N3S. The highest BCUT2D eigenvalue weighted by Crippen LogP contribution is 2.36. The van der Waals surface area contributed by atoms with Crippen LogP contribution in [0, 0.1) is 17.6 Å². The maximum Gasteiger partial charge on any atom is 0.252 e. The molecule has 0 atom stereocenters. The largest absolute Gasteiger partial charge is 0.352 e. The molecule has 122 valence electrons. The average molecular weight is 360 g/mol. The summed E-state index contributed by atoms with van der Waals surface area (Å²) in [4.78, 5) is 5.24. The van der Waals surface area contributed by atoms with Gasteiger partial charge in [-0.25, -0.2) is 8.78 Å². The predicted octanol–water partition coefficient (Wildman–Crippen LogP) is 3.71. The van der Waals surface area contributed by atoms with Crippen molar-refractivity contribution in [2.75, 3.05) is 31.1 Å². The zero-order valence-corrected chi connectivity index (χ0v) is 13.5. The van der Waals surface area contributed by atoms with Gasteiger partial charge in [-0.1, -0.05) is 23.4 Å². The second-order valence-corrected chi connectivity index (χ2v) is 6.50. The molecule has 1 fully saturated rings. The van der Waals surface area contributed by atoms with Gasteiger partial charge in [0.15, 0.2) is 17.5 Å². The number of hydrogen-bond donors (Lipinski definition) is 1. The van der Waals surface area contributed by atoms with Gasteiger partial charge in [-0.3, -0.25) is 0 Å². The standard InChI is InChI=1S/C15H13ClF3N3S/c16-9-1-3-10(4-2-9)23-13-11(17)14(19)21-15(12(13)18)22-7-5-20-6-8-22/h1-4,20H,5-8H2. The number of pyridine rings is 1. The zero-order chi connectivity index (χ0) is 16.4. The van der Waals surface area contributed by atoms with E-state index in [2.05, 4.69) is 10.3 Å². The number of nitrogens with one attached hydrogen (secondary N) is 1. The predicted molar refractivity (Wildman–Crippen MR) is 84.8 cm³/mol. The van der Waals surface area contributed by atoms with E-state index in [0.29, 0.717) is 36.1 Å². The first-order valence-electron chi connectivity index (χ1n) is 7.00. The fraction of sp³-hybridized carbons (Fsp3) is 0.267. The lowest BCUT2D eigenvalue weighted by Crippen LogP contribution is -2.44. The van der Waals surface area contributed by atoms with E-state index in [1.165, 1.54) is 0 Å². The van der Waals surface area contributed by atoms with Crippen molar-refractivity contribution < 1.29 is 13.2 Å². The van der Waals surface area contributed by atoms with E-state index < -0.39 is 22.5 Å². The van der Waals surface area contributed by atoms with Crippen LogP contribution in [0.5, 0.6) is 0 Å². The average Bonchev–Trinajstić information content (AvgIpc) is 2.57. The molecule has 2 aromatic rings. The number of piperazine rings is 1. The molecule has 0 amide bonds. The summed E-state index contributed by atoms with van der Waals surface area (Å²) >= 11 is 6.60. The summed E-state index contributed by atoms with van der Waals surface area (Å²) in [7, 11) is 0. The quantitative estimate of drug-likeness (QED) is 0.846. The van der Waals surface area contributed by atoms with Crippen LogP contribution in [0.25, 0.3) is 0 Å². The van der Waals surface area contributed by atoms with E-state index >= 15 is 0 Å². The fourth-order valence-electron chi connectivity index (χ4n) is 2.28. The van der Waals surface area contributed by atoms with Crippen molar-refractivity contribution in [2.24, 2.45) is 0 Å². The monoisotopic (exact) mass is 359 g/mol. The van der Waals surface area contributed by atoms with Crippen LogP contribution in [0.15, 0.2) is 34.1 Å². The molecule has 23 heavy (non-hydrogen) atoms. The third-order valence-corrected chi connectivity index (χ3v) is 4.75. The summed E-state index contributed by atoms with van der Waals surface area (Å²) in [5, 5.41) is 3.62. The number of halogens is 4. The first-order valence-corrected chi connectivity index (χ1v) is 8.19. The van der Waals surface area contributed by atoms with Gasteiger partial charge in [0, 0.05) is 36.1 Å². The molecule has 8 heteroatoms. The second-order valence-electron chi connectivity index (χ2n) is 4.98. The van der Waals surface area contributed by atoms with E-state index in [9.17, 15) is 13.2 Å². The van der Waals surface area contributed by atoms with Crippen LogP contribution in [0.4, 0.5) is 19.0 Å². The number of anilines is 1. The van der Waals surface area contributed by atoms with E-state index in [1.54, 1.807) is 29.2 Å². The Hall–Kier alpha value is -1.44. The number of benzene rings is 1. The van der Waals surface area contributed by atoms with Gasteiger partial charge in [-0.15, -0.1) is 0 Å². The molecule has 1 aliphatic heterocycles. The molecule has 1 aromatic carbocycles. The lowest BCUT2D eigenvalue weighted by molar-refractivity contribution is 0.435. The molecule has 1 N–H and O–H groups in total. The molecule has 0 unspecified atom stereocenters. The van der Waals surface area contributed by atoms with Crippen LogP contribution in [-0.4, -0.2) is 31.2 Å². The highest BCUT2D eigenvalue weighted by Gasteiger charge is 2.25. The summed E-state index contributed by atoms with van der Waals surface area (Å²) < 4.78 is 42.5. The number of hydrogen-bond acceptors (Lipinski definition) is 4. The number of rotatable bonds is 3. The Kier molecular flexibility index (Phi) is 4.99. The van der Waals surface area contributed by atoms with Crippen molar-refractivity contribution in [3.05, 3.63) is 46.9 Å². The zero-order valence-electron chi connectivity index (χ0n) is 12.0. The molecule has 0 bridgehead atoms. The first kappa shape index (κ1) is 16.4. The molecule has 0 spiro atoms. The minimum Gasteiger partial charge on any atom is -0.352 e. The topological polar surface area (TPSA) is 28.2 Å². The molecule has 1 aromatic heterocycles. The molecule has 1 saturated heterocycles. The summed E-state index contributed by atoms with van der Waals surface area (Å²) in [5.41, 5.74) is 0. The van der Waals surface area contributed by atoms with Gasteiger partial charge in [0.2, 0.25) is 0 Å². The Bertz CT molecular complexity index is 706. The van der Waals surface area contributed by atoms with Crippen LogP contribution >= 0.6 is 23.4 Å². The Morgan fingerprint density at radius 3 is 2.35 bits per heavy atom. The molecule has 1 aliphatic rings. The van der Waals surface area contributed by atoms with Crippen LogP contribution in [0.2, 0.25) is 5.02 Å². The molecule has 2 heterocycles. The smallest absolute Gasteiger partial charge is 0.252 e. The summed E-state index contributed by atoms with van der Waals surface area (Å²) in [5.74, 6) is -3.56. The van der Waals surface area contributed by atoms with E-state index in [-0.39, 0.29) is 5.82 Å². The Morgan fingerprint density at radius 2 is 1.70 bits per heavy atom. The van der Waals surface area contributed by atoms with Gasteiger partial charge in [0.1, 0.15) is 0 Å². The van der Waals surface area contributed by atoms with Crippen LogP contribution in [0.3, 0.4) is 0 Å². The van der Waals surface area contributed by atoms with Gasteiger partial charge in [0.05, 0.1) is 4.90 Å². The lowest BCUT2D eigenvalue weighted by Gasteiger charge is -2.29. The highest BCUT2D eigenvalue weighted by atomic mass is 35.5. The molecule has 0 aliphatic carbocycles. The molecular weight excluding hydrogens is 347 g/mol. The van der Waals surface area contributed by atoms with E-state index in [4.69, 9.17) is 11.6 Å². The molecule has 0 saturated carbocycles. The van der Waals surface area contributed by atoms with Gasteiger partial charge >= 0.3 is 0 Å². The minimum absolute atomic E-state index is 0.151. The van der Waals surface area contributed by atoms with Gasteiger partial charge < -0.3 is 10.2 Å². The normalized spacial score (nSPS) is 15.0. The molecule has 3 nitrogen and oxygen atoms in total. The van der Waals surface area contributed by atoms with Crippen LogP contribution in [-0.2, 0) is 0 Å². The SMILES string of the molecule is Fc1nc(N2CCNCC2)c(F)c(Sc2ccc(Cl)cc2)c1F. The van der Waals surface area contributed by atoms with Crippen molar-refractivity contribution in [3.8, 4) is 0 Å². The molecule has 0 radical (unpaired) electrons.